The molecule has 190 valence electrons. The van der Waals surface area contributed by atoms with Crippen molar-refractivity contribution in [1.82, 2.24) is 20.2 Å². The number of aromatic nitrogens is 2. The van der Waals surface area contributed by atoms with Crippen LogP contribution in [-0.2, 0) is 0 Å². The molecule has 1 aromatic heterocycles. The van der Waals surface area contributed by atoms with Gasteiger partial charge in [0.25, 0.3) is 0 Å². The van der Waals surface area contributed by atoms with Crippen molar-refractivity contribution in [2.45, 2.75) is 62.3 Å². The third kappa shape index (κ3) is 4.70. The highest BCUT2D eigenvalue weighted by Gasteiger charge is 2.49. The Morgan fingerprint density at radius 2 is 2.14 bits per heavy atom. The van der Waals surface area contributed by atoms with Crippen molar-refractivity contribution in [2.75, 3.05) is 26.3 Å². The maximum absolute atomic E-state index is 15.2. The molecule has 1 saturated carbocycles. The van der Waals surface area contributed by atoms with E-state index in [1.807, 2.05) is 0 Å². The summed E-state index contributed by atoms with van der Waals surface area (Å²) in [5.41, 5.74) is -0.607. The number of fused-ring (bicyclic) bond motifs is 2. The second kappa shape index (κ2) is 9.95. The zero-order valence-electron chi connectivity index (χ0n) is 19.2. The fourth-order valence-electron chi connectivity index (χ4n) is 5.29. The van der Waals surface area contributed by atoms with Crippen LogP contribution in [0.1, 0.15) is 38.5 Å². The van der Waals surface area contributed by atoms with Crippen LogP contribution < -0.4 is 14.8 Å². The van der Waals surface area contributed by atoms with Crippen molar-refractivity contribution in [1.29, 1.82) is 0 Å². The van der Waals surface area contributed by atoms with Gasteiger partial charge in [-0.3, -0.25) is 4.90 Å². The highest BCUT2D eigenvalue weighted by molar-refractivity contribution is 9.10. The Morgan fingerprint density at radius 1 is 1.34 bits per heavy atom. The van der Waals surface area contributed by atoms with E-state index < -0.39 is 23.4 Å². The first-order valence-corrected chi connectivity index (χ1v) is 13.1. The molecule has 0 unspecified atom stereocenters. The largest absolute Gasteiger partial charge is 0.493 e. The Balaban J connectivity index is 1.40. The number of hydrogen-bond donors (Lipinski definition) is 2. The minimum atomic E-state index is -0.904. The summed E-state index contributed by atoms with van der Waals surface area (Å²) in [6.45, 7) is 5.38. The highest BCUT2D eigenvalue weighted by atomic mass is 79.9. The van der Waals surface area contributed by atoms with Crippen molar-refractivity contribution >= 4 is 38.4 Å². The van der Waals surface area contributed by atoms with Crippen LogP contribution in [0, 0.1) is 5.82 Å². The minimum absolute atomic E-state index is 0.0329. The highest BCUT2D eigenvalue weighted by Crippen LogP contribution is 2.45. The van der Waals surface area contributed by atoms with Gasteiger partial charge in [0.2, 0.25) is 5.88 Å². The molecule has 35 heavy (non-hydrogen) atoms. The molecule has 11 heteroatoms. The third-order valence-electron chi connectivity index (χ3n) is 7.37. The molecule has 2 saturated heterocycles. The predicted octanol–water partition coefficient (Wildman–Crippen LogP) is 4.92. The summed E-state index contributed by atoms with van der Waals surface area (Å²) >= 11 is 9.55. The van der Waals surface area contributed by atoms with E-state index in [1.165, 1.54) is 6.42 Å². The molecule has 2 N–H and O–H groups in total. The molecule has 3 heterocycles. The van der Waals surface area contributed by atoms with Gasteiger partial charge in [-0.2, -0.15) is 9.97 Å². The molecule has 2 aliphatic heterocycles. The average Bonchev–Trinajstić information content (AvgIpc) is 3.32. The van der Waals surface area contributed by atoms with E-state index in [0.29, 0.717) is 19.0 Å². The van der Waals surface area contributed by atoms with Gasteiger partial charge in [-0.1, -0.05) is 24.1 Å². The van der Waals surface area contributed by atoms with Crippen molar-refractivity contribution in [3.05, 3.63) is 28.0 Å². The Morgan fingerprint density at radius 3 is 2.86 bits per heavy atom. The Hall–Kier alpha value is -1.75. The Bertz CT molecular complexity index is 1140. The summed E-state index contributed by atoms with van der Waals surface area (Å²) in [4.78, 5) is 10.4. The number of rotatable bonds is 9. The van der Waals surface area contributed by atoms with Crippen LogP contribution in [0.3, 0.4) is 0 Å². The quantitative estimate of drug-likeness (QED) is 0.326. The second-order valence-electron chi connectivity index (χ2n) is 9.64. The Labute approximate surface area is 216 Å². The van der Waals surface area contributed by atoms with Gasteiger partial charge < -0.3 is 19.9 Å². The first kappa shape index (κ1) is 24.9. The van der Waals surface area contributed by atoms with Gasteiger partial charge >= 0.3 is 6.01 Å². The van der Waals surface area contributed by atoms with E-state index in [1.54, 1.807) is 6.08 Å². The molecule has 0 radical (unpaired) electrons. The third-order valence-corrected chi connectivity index (χ3v) is 8.70. The lowest BCUT2D eigenvalue weighted by molar-refractivity contribution is 0.107. The fourth-order valence-corrected chi connectivity index (χ4v) is 5.89. The van der Waals surface area contributed by atoms with Crippen LogP contribution in [0.25, 0.3) is 10.9 Å². The SMILES string of the molecule is C=C[C@@H](COc1c(Cl)c(Br)c(F)c2nc(OC[C@@]34CCCN3C[C@H](F)C4)nc(O)c12)NC1CCC1. The summed E-state index contributed by atoms with van der Waals surface area (Å²) in [6, 6.07) is 0.0708. The van der Waals surface area contributed by atoms with Crippen molar-refractivity contribution in [2.24, 2.45) is 0 Å². The summed E-state index contributed by atoms with van der Waals surface area (Å²) in [6.07, 6.45) is 6.36. The van der Waals surface area contributed by atoms with Crippen LogP contribution in [-0.4, -0.2) is 70.1 Å². The van der Waals surface area contributed by atoms with Crippen LogP contribution in [0.5, 0.6) is 17.6 Å². The number of nitrogens with one attached hydrogen (secondary N) is 1. The van der Waals surface area contributed by atoms with Crippen LogP contribution in [0.4, 0.5) is 8.78 Å². The van der Waals surface area contributed by atoms with E-state index >= 15 is 4.39 Å². The number of alkyl halides is 1. The van der Waals surface area contributed by atoms with E-state index in [0.717, 1.165) is 32.2 Å². The molecule has 3 aliphatic rings. The average molecular weight is 574 g/mol. The lowest BCUT2D eigenvalue weighted by Gasteiger charge is -2.31. The molecular formula is C24H28BrClF2N4O3. The minimum Gasteiger partial charge on any atom is -0.493 e. The van der Waals surface area contributed by atoms with Crippen molar-refractivity contribution in [3.8, 4) is 17.6 Å². The molecule has 0 amide bonds. The lowest BCUT2D eigenvalue weighted by Crippen LogP contribution is -2.44. The molecule has 5 rings (SSSR count). The number of benzene rings is 1. The van der Waals surface area contributed by atoms with Crippen LogP contribution >= 0.6 is 27.5 Å². The number of hydrogen-bond acceptors (Lipinski definition) is 7. The first-order chi connectivity index (χ1) is 16.8. The number of nitrogens with zero attached hydrogens (tertiary/aromatic N) is 3. The standard InChI is InChI=1S/C24H28BrClF2N4O3/c1-2-14(29-15-5-3-6-15)11-34-21-16-20(19(28)17(25)18(21)26)30-23(31-22(16)33)35-12-24-7-4-8-32(24)10-13(27)9-24/h2,13-15,29H,1,3-12H2,(H,30,31,33)/t13-,14+,24+/m1/s1. The van der Waals surface area contributed by atoms with E-state index in [2.05, 4.69) is 42.7 Å². The van der Waals surface area contributed by atoms with Gasteiger partial charge in [-0.15, -0.1) is 6.58 Å². The molecular weight excluding hydrogens is 546 g/mol. The maximum atomic E-state index is 15.2. The molecule has 1 aromatic carbocycles. The number of halogens is 4. The van der Waals surface area contributed by atoms with Gasteiger partial charge in [0.15, 0.2) is 11.6 Å². The molecule has 0 bridgehead atoms. The maximum Gasteiger partial charge on any atom is 0.320 e. The van der Waals surface area contributed by atoms with Crippen molar-refractivity contribution in [3.63, 3.8) is 0 Å². The number of aromatic hydroxyl groups is 1. The smallest absolute Gasteiger partial charge is 0.320 e. The van der Waals surface area contributed by atoms with Gasteiger partial charge in [0.05, 0.1) is 16.1 Å². The normalized spacial score (nSPS) is 25.4. The molecule has 3 fully saturated rings. The van der Waals surface area contributed by atoms with Gasteiger partial charge in [0.1, 0.15) is 35.3 Å². The van der Waals surface area contributed by atoms with Gasteiger partial charge in [0, 0.05) is 19.0 Å². The molecule has 0 spiro atoms. The predicted molar refractivity (Wildman–Crippen MR) is 133 cm³/mol. The summed E-state index contributed by atoms with van der Waals surface area (Å²) in [7, 11) is 0. The van der Waals surface area contributed by atoms with E-state index in [9.17, 15) is 9.50 Å². The summed E-state index contributed by atoms with van der Waals surface area (Å²) in [5.74, 6) is -1.21. The first-order valence-electron chi connectivity index (χ1n) is 11.9. The fraction of sp³-hybridized carbons (Fsp3) is 0.583. The van der Waals surface area contributed by atoms with Gasteiger partial charge in [-0.25, -0.2) is 8.78 Å². The Kier molecular flexibility index (Phi) is 7.09. The van der Waals surface area contributed by atoms with Crippen molar-refractivity contribution < 1.29 is 23.4 Å². The molecule has 1 aliphatic carbocycles. The molecule has 3 atom stereocenters. The monoisotopic (exact) mass is 572 g/mol. The lowest BCUT2D eigenvalue weighted by atomic mass is 9.92. The topological polar surface area (TPSA) is 79.7 Å². The second-order valence-corrected chi connectivity index (χ2v) is 10.8. The van der Waals surface area contributed by atoms with Crippen LogP contribution in [0.15, 0.2) is 17.1 Å². The summed E-state index contributed by atoms with van der Waals surface area (Å²) in [5, 5.41) is 14.1. The van der Waals surface area contributed by atoms with Crippen LogP contribution in [0.2, 0.25) is 5.02 Å². The molecule has 2 aromatic rings. The number of ether oxygens (including phenoxy) is 2. The van der Waals surface area contributed by atoms with E-state index in [4.69, 9.17) is 21.1 Å². The zero-order valence-corrected chi connectivity index (χ0v) is 21.5. The summed E-state index contributed by atoms with van der Waals surface area (Å²) < 4.78 is 40.9. The molecule has 7 nitrogen and oxygen atoms in total. The van der Waals surface area contributed by atoms with E-state index in [-0.39, 0.29) is 51.4 Å². The zero-order chi connectivity index (χ0) is 24.7. The van der Waals surface area contributed by atoms with Gasteiger partial charge in [-0.05, 0) is 48.2 Å².